The first kappa shape index (κ1) is 25.3. The van der Waals surface area contributed by atoms with Crippen molar-refractivity contribution in [1.29, 1.82) is 0 Å². The Morgan fingerprint density at radius 2 is 1.89 bits per heavy atom. The van der Waals surface area contributed by atoms with Crippen LogP contribution in [-0.2, 0) is 9.59 Å². The largest absolute Gasteiger partial charge is 0.493 e. The fourth-order valence-corrected chi connectivity index (χ4v) is 4.70. The van der Waals surface area contributed by atoms with Crippen molar-refractivity contribution in [2.45, 2.75) is 5.22 Å². The molecule has 1 N–H and O–H groups in total. The van der Waals surface area contributed by atoms with Gasteiger partial charge in [0.1, 0.15) is 0 Å². The Balaban J connectivity index is 1.26. The zero-order valence-corrected chi connectivity index (χ0v) is 21.1. The van der Waals surface area contributed by atoms with Gasteiger partial charge in [-0.25, -0.2) is 0 Å². The lowest BCUT2D eigenvalue weighted by Crippen LogP contribution is -2.37. The highest BCUT2D eigenvalue weighted by molar-refractivity contribution is 8.18. The fraction of sp³-hybridized carbons (Fsp3) is 0.208. The number of carbonyl (C=O) groups excluding carboxylic acids is 3. The predicted octanol–water partition coefficient (Wildman–Crippen LogP) is 3.70. The molecule has 0 saturated carbocycles. The van der Waals surface area contributed by atoms with Crippen LogP contribution in [0.1, 0.15) is 5.56 Å². The number of methoxy groups -OCH3 is 2. The molecule has 1 aromatic heterocycles. The van der Waals surface area contributed by atoms with Crippen molar-refractivity contribution >= 4 is 46.7 Å². The number of hydrogen-bond acceptors (Lipinski definition) is 10. The first-order valence-corrected chi connectivity index (χ1v) is 12.5. The molecule has 0 radical (unpaired) electrons. The summed E-state index contributed by atoms with van der Waals surface area (Å²) in [6.45, 7) is 0.184. The summed E-state index contributed by atoms with van der Waals surface area (Å²) in [5, 5.41) is 10.5. The van der Waals surface area contributed by atoms with Crippen molar-refractivity contribution in [1.82, 2.24) is 20.4 Å². The lowest BCUT2D eigenvalue weighted by atomic mass is 10.2. The lowest BCUT2D eigenvalue weighted by molar-refractivity contribution is -0.123. The topological polar surface area (TPSA) is 124 Å². The number of ether oxygens (including phenoxy) is 2. The molecule has 0 spiro atoms. The van der Waals surface area contributed by atoms with Crippen LogP contribution in [0.25, 0.3) is 17.5 Å². The Hall–Kier alpha value is -3.77. The summed E-state index contributed by atoms with van der Waals surface area (Å²) in [5.41, 5.74) is 1.48. The first-order chi connectivity index (χ1) is 17.5. The van der Waals surface area contributed by atoms with Gasteiger partial charge < -0.3 is 19.2 Å². The van der Waals surface area contributed by atoms with E-state index >= 15 is 0 Å². The molecular formula is C24H22N4O6S2. The highest BCUT2D eigenvalue weighted by Crippen LogP contribution is 2.34. The van der Waals surface area contributed by atoms with E-state index < -0.39 is 11.1 Å². The van der Waals surface area contributed by atoms with E-state index in [0.29, 0.717) is 27.9 Å². The molecule has 186 valence electrons. The SMILES string of the molecule is COc1ccc(/C=C2/SC(=O)N(CCNC(=O)CSc3nnc(-c4ccccc4)o3)C2=O)cc1OC. The number of thioether (sulfide) groups is 2. The minimum Gasteiger partial charge on any atom is -0.493 e. The van der Waals surface area contributed by atoms with E-state index in [2.05, 4.69) is 15.5 Å². The normalized spacial score (nSPS) is 14.4. The number of rotatable bonds is 10. The Morgan fingerprint density at radius 3 is 2.64 bits per heavy atom. The zero-order chi connectivity index (χ0) is 25.5. The van der Waals surface area contributed by atoms with Gasteiger partial charge in [0.15, 0.2) is 11.5 Å². The van der Waals surface area contributed by atoms with E-state index in [1.807, 2.05) is 30.3 Å². The summed E-state index contributed by atoms with van der Waals surface area (Å²) in [4.78, 5) is 38.7. The van der Waals surface area contributed by atoms with E-state index in [9.17, 15) is 14.4 Å². The molecule has 12 heteroatoms. The molecule has 1 aliphatic rings. The Bertz CT molecular complexity index is 1290. The highest BCUT2D eigenvalue weighted by Gasteiger charge is 2.34. The molecule has 0 bridgehead atoms. The molecule has 2 aromatic carbocycles. The molecule has 1 fully saturated rings. The number of imide groups is 1. The van der Waals surface area contributed by atoms with Crippen LogP contribution in [0.15, 0.2) is 63.1 Å². The average Bonchev–Trinajstić information content (AvgIpc) is 3.48. The fourth-order valence-electron chi connectivity index (χ4n) is 3.24. The second-order valence-corrected chi connectivity index (χ2v) is 9.25. The average molecular weight is 527 g/mol. The summed E-state index contributed by atoms with van der Waals surface area (Å²) < 4.78 is 16.1. The smallest absolute Gasteiger partial charge is 0.293 e. The van der Waals surface area contributed by atoms with Crippen molar-refractivity contribution in [2.75, 3.05) is 33.1 Å². The number of carbonyl (C=O) groups is 3. The van der Waals surface area contributed by atoms with Crippen LogP contribution in [0.4, 0.5) is 4.79 Å². The summed E-state index contributed by atoms with van der Waals surface area (Å²) in [6.07, 6.45) is 1.62. The van der Waals surface area contributed by atoms with Gasteiger partial charge in [-0.1, -0.05) is 36.0 Å². The van der Waals surface area contributed by atoms with Crippen LogP contribution >= 0.6 is 23.5 Å². The molecule has 0 atom stereocenters. The van der Waals surface area contributed by atoms with Gasteiger partial charge in [-0.2, -0.15) is 0 Å². The first-order valence-electron chi connectivity index (χ1n) is 10.7. The molecule has 2 heterocycles. The molecule has 4 rings (SSSR count). The number of nitrogens with zero attached hydrogens (tertiary/aromatic N) is 3. The van der Waals surface area contributed by atoms with Gasteiger partial charge in [-0.3, -0.25) is 19.3 Å². The summed E-state index contributed by atoms with van der Waals surface area (Å²) in [6, 6.07) is 14.5. The van der Waals surface area contributed by atoms with Crippen LogP contribution in [0.2, 0.25) is 0 Å². The lowest BCUT2D eigenvalue weighted by Gasteiger charge is -2.12. The number of aromatic nitrogens is 2. The number of hydrogen-bond donors (Lipinski definition) is 1. The highest BCUT2D eigenvalue weighted by atomic mass is 32.2. The molecule has 0 aliphatic carbocycles. The number of nitrogens with one attached hydrogen (secondary N) is 1. The number of amides is 3. The van der Waals surface area contributed by atoms with E-state index in [1.165, 1.54) is 14.2 Å². The molecule has 1 aliphatic heterocycles. The van der Waals surface area contributed by atoms with Crippen LogP contribution in [-0.4, -0.2) is 65.2 Å². The van der Waals surface area contributed by atoms with E-state index in [4.69, 9.17) is 13.9 Å². The minimum atomic E-state index is -0.414. The second-order valence-electron chi connectivity index (χ2n) is 7.33. The minimum absolute atomic E-state index is 0.0531. The molecule has 1 saturated heterocycles. The van der Waals surface area contributed by atoms with E-state index in [-0.39, 0.29) is 30.0 Å². The molecule has 3 aromatic rings. The monoisotopic (exact) mass is 526 g/mol. The number of benzene rings is 2. The van der Waals surface area contributed by atoms with Crippen molar-refractivity contribution in [2.24, 2.45) is 0 Å². The van der Waals surface area contributed by atoms with Gasteiger partial charge in [0.2, 0.25) is 11.8 Å². The molecule has 10 nitrogen and oxygen atoms in total. The van der Waals surface area contributed by atoms with Crippen LogP contribution < -0.4 is 14.8 Å². The van der Waals surface area contributed by atoms with Crippen molar-refractivity contribution < 1.29 is 28.3 Å². The Kier molecular flexibility index (Phi) is 8.28. The van der Waals surface area contributed by atoms with Crippen LogP contribution in [0.5, 0.6) is 11.5 Å². The van der Waals surface area contributed by atoms with Gasteiger partial charge in [0, 0.05) is 18.7 Å². The second kappa shape index (κ2) is 11.8. The maximum Gasteiger partial charge on any atom is 0.293 e. The third-order valence-electron chi connectivity index (χ3n) is 4.99. The Morgan fingerprint density at radius 1 is 1.11 bits per heavy atom. The summed E-state index contributed by atoms with van der Waals surface area (Å²) in [7, 11) is 3.06. The van der Waals surface area contributed by atoms with Gasteiger partial charge in [-0.05, 0) is 47.7 Å². The third-order valence-corrected chi connectivity index (χ3v) is 6.72. The molecule has 36 heavy (non-hydrogen) atoms. The van der Waals surface area contributed by atoms with E-state index in [0.717, 1.165) is 34.0 Å². The van der Waals surface area contributed by atoms with Gasteiger partial charge in [-0.15, -0.1) is 10.2 Å². The standard InChI is InChI=1S/C24H22N4O6S2/c1-32-17-9-8-15(12-18(17)33-2)13-19-22(30)28(24(31)36-19)11-10-25-20(29)14-35-23-27-26-21(34-23)16-6-4-3-5-7-16/h3-9,12-13H,10-11,14H2,1-2H3,(H,25,29)/b19-13+. The van der Waals surface area contributed by atoms with Crippen molar-refractivity contribution in [3.05, 3.63) is 59.0 Å². The maximum atomic E-state index is 12.7. The predicted molar refractivity (Wildman–Crippen MR) is 136 cm³/mol. The third kappa shape index (κ3) is 6.07. The van der Waals surface area contributed by atoms with Gasteiger partial charge in [0.25, 0.3) is 16.4 Å². The van der Waals surface area contributed by atoms with Gasteiger partial charge in [0.05, 0.1) is 24.9 Å². The summed E-state index contributed by atoms with van der Waals surface area (Å²) in [5.74, 6) is 0.807. The van der Waals surface area contributed by atoms with Crippen LogP contribution in [0.3, 0.4) is 0 Å². The Labute approximate surface area is 215 Å². The summed E-state index contributed by atoms with van der Waals surface area (Å²) >= 11 is 1.95. The van der Waals surface area contributed by atoms with Crippen molar-refractivity contribution in [3.8, 4) is 23.0 Å². The molecule has 3 amide bonds. The molecular weight excluding hydrogens is 504 g/mol. The van der Waals surface area contributed by atoms with Gasteiger partial charge >= 0.3 is 0 Å². The van der Waals surface area contributed by atoms with Crippen molar-refractivity contribution in [3.63, 3.8) is 0 Å². The zero-order valence-electron chi connectivity index (χ0n) is 19.4. The quantitative estimate of drug-likeness (QED) is 0.309. The molecule has 0 unspecified atom stereocenters. The van der Waals surface area contributed by atoms with Crippen LogP contribution in [0, 0.1) is 0 Å². The maximum absolute atomic E-state index is 12.7. The van der Waals surface area contributed by atoms with E-state index in [1.54, 1.807) is 24.3 Å².